The van der Waals surface area contributed by atoms with Crippen LogP contribution in [0.1, 0.15) is 19.4 Å². The lowest BCUT2D eigenvalue weighted by molar-refractivity contribution is 0.0787. The maximum atomic E-state index is 11.1. The van der Waals surface area contributed by atoms with Crippen LogP contribution in [0.3, 0.4) is 0 Å². The van der Waals surface area contributed by atoms with E-state index in [4.69, 9.17) is 9.88 Å². The van der Waals surface area contributed by atoms with Gasteiger partial charge in [-0.15, -0.1) is 0 Å². The molecule has 4 nitrogen and oxygen atoms in total. The minimum atomic E-state index is -3.46. The van der Waals surface area contributed by atoms with Crippen molar-refractivity contribution in [2.45, 2.75) is 20.5 Å². The number of benzene rings is 1. The summed E-state index contributed by atoms with van der Waals surface area (Å²) < 4.78 is 28.9. The van der Waals surface area contributed by atoms with Crippen LogP contribution in [-0.4, -0.2) is 20.8 Å². The van der Waals surface area contributed by atoms with Crippen LogP contribution in [0, 0.1) is 11.8 Å². The molecule has 6 heteroatoms. The van der Waals surface area contributed by atoms with Gasteiger partial charge in [0.1, 0.15) is 0 Å². The van der Waals surface area contributed by atoms with Crippen molar-refractivity contribution in [3.8, 4) is 0 Å². The Hall–Kier alpha value is -0.430. The highest BCUT2D eigenvalue weighted by Gasteiger charge is 2.19. The molecule has 0 saturated carbocycles. The number of nitrogens with two attached hydrogens (primary N) is 1. The summed E-state index contributed by atoms with van der Waals surface area (Å²) in [5.41, 5.74) is 1.04. The summed E-state index contributed by atoms with van der Waals surface area (Å²) in [5, 5.41) is 5.09. The number of halogens is 1. The number of hydrogen-bond acceptors (Lipinski definition) is 3. The highest BCUT2D eigenvalue weighted by molar-refractivity contribution is 9.10. The molecule has 0 bridgehead atoms. The van der Waals surface area contributed by atoms with Crippen molar-refractivity contribution in [3.05, 3.63) is 34.3 Å². The number of sulfonamides is 1. The summed E-state index contributed by atoms with van der Waals surface area (Å²) in [6, 6.07) is 7.79. The normalized spacial score (nSPS) is 13.7. The van der Waals surface area contributed by atoms with Gasteiger partial charge in [0.05, 0.1) is 19.0 Å². The fraction of sp³-hybridized carbons (Fsp3) is 0.538. The molecule has 1 aromatic rings. The molecule has 0 aliphatic rings. The lowest BCUT2D eigenvalue weighted by Crippen LogP contribution is -2.29. The first kappa shape index (κ1) is 16.6. The van der Waals surface area contributed by atoms with Gasteiger partial charge in [-0.1, -0.05) is 48.0 Å². The molecule has 2 N–H and O–H groups in total. The molecule has 0 aromatic heterocycles. The van der Waals surface area contributed by atoms with E-state index in [0.29, 0.717) is 13.2 Å². The van der Waals surface area contributed by atoms with Crippen LogP contribution >= 0.6 is 15.9 Å². The first-order chi connectivity index (χ1) is 8.79. The van der Waals surface area contributed by atoms with Crippen LogP contribution in [0.2, 0.25) is 0 Å². The van der Waals surface area contributed by atoms with Crippen molar-refractivity contribution in [2.75, 3.05) is 12.4 Å². The number of rotatable bonds is 7. The third-order valence-electron chi connectivity index (χ3n) is 2.94. The fourth-order valence-corrected chi connectivity index (χ4v) is 3.14. The van der Waals surface area contributed by atoms with Gasteiger partial charge in [-0.05, 0) is 23.5 Å². The Kier molecular flexibility index (Phi) is 6.46. The Balaban J connectivity index is 2.52. The van der Waals surface area contributed by atoms with Crippen LogP contribution in [0.5, 0.6) is 0 Å². The zero-order chi connectivity index (χ0) is 14.5. The first-order valence-corrected chi connectivity index (χ1v) is 8.62. The Morgan fingerprint density at radius 3 is 2.47 bits per heavy atom. The van der Waals surface area contributed by atoms with Gasteiger partial charge in [0, 0.05) is 4.47 Å². The lowest BCUT2D eigenvalue weighted by Gasteiger charge is -2.19. The fourth-order valence-electron chi connectivity index (χ4n) is 1.67. The molecular weight excluding hydrogens is 330 g/mol. The molecule has 0 saturated heterocycles. The van der Waals surface area contributed by atoms with E-state index in [1.54, 1.807) is 0 Å². The van der Waals surface area contributed by atoms with E-state index in [-0.39, 0.29) is 17.6 Å². The second kappa shape index (κ2) is 7.38. The van der Waals surface area contributed by atoms with Gasteiger partial charge >= 0.3 is 0 Å². The SMILES string of the molecule is CC(C)C(COCc1ccccc1Br)CS(N)(=O)=O. The van der Waals surface area contributed by atoms with Gasteiger partial charge in [-0.2, -0.15) is 0 Å². The van der Waals surface area contributed by atoms with Gasteiger partial charge in [0.25, 0.3) is 0 Å². The van der Waals surface area contributed by atoms with E-state index in [1.165, 1.54) is 0 Å². The molecule has 0 radical (unpaired) electrons. The van der Waals surface area contributed by atoms with E-state index < -0.39 is 10.0 Å². The Morgan fingerprint density at radius 2 is 1.95 bits per heavy atom. The monoisotopic (exact) mass is 349 g/mol. The second-order valence-electron chi connectivity index (χ2n) is 4.94. The highest BCUT2D eigenvalue weighted by Crippen LogP contribution is 2.18. The lowest BCUT2D eigenvalue weighted by atomic mass is 9.99. The number of primary sulfonamides is 1. The molecule has 108 valence electrons. The molecule has 0 aliphatic carbocycles. The summed E-state index contributed by atoms with van der Waals surface area (Å²) in [6.45, 7) is 4.78. The molecule has 0 amide bonds. The minimum Gasteiger partial charge on any atom is -0.376 e. The third-order valence-corrected chi connectivity index (χ3v) is 4.60. The van der Waals surface area contributed by atoms with Crippen molar-refractivity contribution in [1.29, 1.82) is 0 Å². The minimum absolute atomic E-state index is 0.0410. The summed E-state index contributed by atoms with van der Waals surface area (Å²) >= 11 is 3.45. The molecule has 0 spiro atoms. The molecule has 0 heterocycles. The molecule has 1 aromatic carbocycles. The first-order valence-electron chi connectivity index (χ1n) is 6.11. The topological polar surface area (TPSA) is 69.4 Å². The maximum absolute atomic E-state index is 11.1. The van der Waals surface area contributed by atoms with Crippen LogP contribution in [-0.2, 0) is 21.4 Å². The average molecular weight is 350 g/mol. The van der Waals surface area contributed by atoms with Crippen molar-refractivity contribution in [1.82, 2.24) is 0 Å². The van der Waals surface area contributed by atoms with Gasteiger partial charge < -0.3 is 4.74 Å². The van der Waals surface area contributed by atoms with Crippen LogP contribution in [0.15, 0.2) is 28.7 Å². The van der Waals surface area contributed by atoms with Crippen LogP contribution in [0.4, 0.5) is 0 Å². The Morgan fingerprint density at radius 1 is 1.32 bits per heavy atom. The van der Waals surface area contributed by atoms with E-state index in [2.05, 4.69) is 15.9 Å². The van der Waals surface area contributed by atoms with Gasteiger partial charge in [-0.3, -0.25) is 0 Å². The predicted molar refractivity (Wildman–Crippen MR) is 80.1 cm³/mol. The highest BCUT2D eigenvalue weighted by atomic mass is 79.9. The Bertz CT molecular complexity index is 502. The number of ether oxygens (including phenoxy) is 1. The van der Waals surface area contributed by atoms with Gasteiger partial charge in [0.2, 0.25) is 10.0 Å². The van der Waals surface area contributed by atoms with E-state index in [0.717, 1.165) is 10.0 Å². The standard InChI is InChI=1S/C13H20BrNO3S/c1-10(2)12(9-19(15,16)17)8-18-7-11-5-3-4-6-13(11)14/h3-6,10,12H,7-9H2,1-2H3,(H2,15,16,17). The summed E-state index contributed by atoms with van der Waals surface area (Å²) in [5.74, 6) is 0.0793. The molecular formula is C13H20BrNO3S. The van der Waals surface area contributed by atoms with Crippen molar-refractivity contribution < 1.29 is 13.2 Å². The van der Waals surface area contributed by atoms with Gasteiger partial charge in [0.15, 0.2) is 0 Å². The van der Waals surface area contributed by atoms with Crippen molar-refractivity contribution in [3.63, 3.8) is 0 Å². The summed E-state index contributed by atoms with van der Waals surface area (Å²) in [6.07, 6.45) is 0. The Labute approximate surface area is 123 Å². The molecule has 1 unspecified atom stereocenters. The molecule has 0 fully saturated rings. The second-order valence-corrected chi connectivity index (χ2v) is 7.45. The van der Waals surface area contributed by atoms with Crippen LogP contribution in [0.25, 0.3) is 0 Å². The average Bonchev–Trinajstić information content (AvgIpc) is 2.28. The largest absolute Gasteiger partial charge is 0.376 e. The van der Waals surface area contributed by atoms with E-state index in [9.17, 15) is 8.42 Å². The van der Waals surface area contributed by atoms with E-state index >= 15 is 0 Å². The summed E-state index contributed by atoms with van der Waals surface area (Å²) in [7, 11) is -3.46. The smallest absolute Gasteiger partial charge is 0.209 e. The van der Waals surface area contributed by atoms with Gasteiger partial charge in [-0.25, -0.2) is 13.6 Å². The van der Waals surface area contributed by atoms with Crippen LogP contribution < -0.4 is 5.14 Å². The predicted octanol–water partition coefficient (Wildman–Crippen LogP) is 2.53. The zero-order valence-corrected chi connectivity index (χ0v) is 13.6. The van der Waals surface area contributed by atoms with Crippen molar-refractivity contribution >= 4 is 26.0 Å². The molecule has 1 rings (SSSR count). The molecule has 19 heavy (non-hydrogen) atoms. The van der Waals surface area contributed by atoms with E-state index in [1.807, 2.05) is 38.1 Å². The zero-order valence-electron chi connectivity index (χ0n) is 11.2. The maximum Gasteiger partial charge on any atom is 0.209 e. The molecule has 1 atom stereocenters. The third kappa shape index (κ3) is 6.51. The molecule has 0 aliphatic heterocycles. The number of hydrogen-bond donors (Lipinski definition) is 1. The summed E-state index contributed by atoms with van der Waals surface area (Å²) in [4.78, 5) is 0. The quantitative estimate of drug-likeness (QED) is 0.822. The van der Waals surface area contributed by atoms with Crippen molar-refractivity contribution in [2.24, 2.45) is 17.0 Å².